The van der Waals surface area contributed by atoms with Gasteiger partial charge in [-0.2, -0.15) is 0 Å². The molecular weight excluding hydrogens is 179 g/mol. The maximum absolute atomic E-state index is 5.63. The Morgan fingerprint density at radius 2 is 1.71 bits per heavy atom. The molecule has 1 atom stereocenters. The van der Waals surface area contributed by atoms with Crippen LogP contribution in [-0.2, 0) is 4.74 Å². The van der Waals surface area contributed by atoms with Gasteiger partial charge in [-0.3, -0.25) is 0 Å². The van der Waals surface area contributed by atoms with Crippen molar-refractivity contribution in [1.82, 2.24) is 0 Å². The molecule has 1 aliphatic heterocycles. The van der Waals surface area contributed by atoms with Gasteiger partial charge in [-0.1, -0.05) is 11.6 Å². The van der Waals surface area contributed by atoms with Crippen molar-refractivity contribution in [2.45, 2.75) is 23.4 Å². The second-order valence-corrected chi connectivity index (χ2v) is 4.23. The zero-order valence-corrected chi connectivity index (χ0v) is 6.51. The van der Waals surface area contributed by atoms with E-state index in [-0.39, 0.29) is 5.60 Å². The lowest BCUT2D eigenvalue weighted by Gasteiger charge is -1.90. The van der Waals surface area contributed by atoms with Crippen LogP contribution in [0, 0.1) is 0 Å². The zero-order valence-electron chi connectivity index (χ0n) is 4.16. The molecule has 1 aliphatic rings. The molecular formula is C4H6BrClO. The first-order valence-electron chi connectivity index (χ1n) is 2.04. The first-order chi connectivity index (χ1) is 2.96. The third-order valence-corrected chi connectivity index (χ3v) is 2.69. The maximum atomic E-state index is 5.63. The quantitative estimate of drug-likeness (QED) is 0.416. The number of rotatable bonds is 0. The summed E-state index contributed by atoms with van der Waals surface area (Å²) < 4.78 is 4.40. The Labute approximate surface area is 56.1 Å². The van der Waals surface area contributed by atoms with Gasteiger partial charge in [-0.15, -0.1) is 0 Å². The Morgan fingerprint density at radius 3 is 1.71 bits per heavy atom. The molecule has 0 aliphatic carbocycles. The van der Waals surface area contributed by atoms with Crippen molar-refractivity contribution < 1.29 is 4.74 Å². The topological polar surface area (TPSA) is 12.5 Å². The molecule has 1 saturated heterocycles. The van der Waals surface area contributed by atoms with Gasteiger partial charge in [0.15, 0.2) is 0 Å². The number of hydrogen-bond donors (Lipinski definition) is 0. The highest BCUT2D eigenvalue weighted by atomic mass is 79.9. The van der Waals surface area contributed by atoms with Gasteiger partial charge in [-0.05, 0) is 29.8 Å². The van der Waals surface area contributed by atoms with Gasteiger partial charge in [-0.25, -0.2) is 0 Å². The van der Waals surface area contributed by atoms with Crippen molar-refractivity contribution >= 4 is 27.5 Å². The van der Waals surface area contributed by atoms with Crippen LogP contribution < -0.4 is 0 Å². The Morgan fingerprint density at radius 1 is 1.57 bits per heavy atom. The van der Waals surface area contributed by atoms with Gasteiger partial charge in [0, 0.05) is 0 Å². The highest BCUT2D eigenvalue weighted by molar-refractivity contribution is 9.10. The molecule has 0 saturated carbocycles. The van der Waals surface area contributed by atoms with Crippen LogP contribution in [0.15, 0.2) is 0 Å². The van der Waals surface area contributed by atoms with Crippen LogP contribution in [-0.4, -0.2) is 9.57 Å². The molecule has 7 heavy (non-hydrogen) atoms. The monoisotopic (exact) mass is 184 g/mol. The van der Waals surface area contributed by atoms with E-state index in [4.69, 9.17) is 16.3 Å². The minimum Gasteiger partial charge on any atom is -0.336 e. The standard InChI is InChI=1S/C4H6BrClO/c1-3(2)4(5,6)7-3/h1-2H3. The summed E-state index contributed by atoms with van der Waals surface area (Å²) in [4.78, 5) is 0. The molecule has 1 nitrogen and oxygen atoms in total. The van der Waals surface area contributed by atoms with Crippen LogP contribution in [0.2, 0.25) is 0 Å². The third-order valence-electron chi connectivity index (χ3n) is 1.04. The van der Waals surface area contributed by atoms with E-state index < -0.39 is 3.97 Å². The summed E-state index contributed by atoms with van der Waals surface area (Å²) >= 11 is 8.78. The second kappa shape index (κ2) is 1.17. The fourth-order valence-electron chi connectivity index (χ4n) is 0.295. The molecule has 0 aromatic heterocycles. The predicted octanol–water partition coefficient (Wildman–Crippen LogP) is 2.08. The molecule has 1 unspecified atom stereocenters. The molecule has 1 heterocycles. The van der Waals surface area contributed by atoms with Gasteiger partial charge >= 0.3 is 0 Å². The van der Waals surface area contributed by atoms with E-state index in [9.17, 15) is 0 Å². The number of halogens is 2. The van der Waals surface area contributed by atoms with Crippen molar-refractivity contribution in [3.05, 3.63) is 0 Å². The molecule has 0 spiro atoms. The summed E-state index contributed by atoms with van der Waals surface area (Å²) in [5.41, 5.74) is -0.172. The van der Waals surface area contributed by atoms with Crippen molar-refractivity contribution in [2.24, 2.45) is 0 Å². The fourth-order valence-corrected chi connectivity index (χ4v) is 0.892. The van der Waals surface area contributed by atoms with Crippen LogP contribution in [0.3, 0.4) is 0 Å². The average Bonchev–Trinajstić information content (AvgIpc) is 1.63. The van der Waals surface area contributed by atoms with E-state index in [0.29, 0.717) is 0 Å². The molecule has 0 aromatic carbocycles. The van der Waals surface area contributed by atoms with Crippen molar-refractivity contribution in [3.8, 4) is 0 Å². The number of alkyl halides is 2. The van der Waals surface area contributed by atoms with Crippen molar-refractivity contribution in [1.29, 1.82) is 0 Å². The molecule has 0 aromatic rings. The Hall–Kier alpha value is 0.730. The van der Waals surface area contributed by atoms with Crippen LogP contribution in [0.1, 0.15) is 13.8 Å². The fraction of sp³-hybridized carbons (Fsp3) is 1.00. The van der Waals surface area contributed by atoms with E-state index in [1.807, 2.05) is 13.8 Å². The molecule has 1 rings (SSSR count). The van der Waals surface area contributed by atoms with Crippen LogP contribution in [0.5, 0.6) is 0 Å². The highest BCUT2D eigenvalue weighted by Crippen LogP contribution is 2.55. The summed E-state index contributed by atoms with van der Waals surface area (Å²) in [5, 5.41) is 0. The van der Waals surface area contributed by atoms with E-state index >= 15 is 0 Å². The minimum absolute atomic E-state index is 0.172. The van der Waals surface area contributed by atoms with E-state index in [1.54, 1.807) is 0 Å². The summed E-state index contributed by atoms with van der Waals surface area (Å²) in [6.07, 6.45) is 0. The molecule has 0 amide bonds. The summed E-state index contributed by atoms with van der Waals surface area (Å²) in [5.74, 6) is 0. The van der Waals surface area contributed by atoms with Gasteiger partial charge in [0.25, 0.3) is 0 Å². The smallest absolute Gasteiger partial charge is 0.226 e. The molecule has 0 radical (unpaired) electrons. The number of ether oxygens (including phenoxy) is 1. The molecule has 3 heteroatoms. The molecule has 1 fully saturated rings. The zero-order chi connectivity index (χ0) is 5.71. The summed E-state index contributed by atoms with van der Waals surface area (Å²) in [6.45, 7) is 3.85. The molecule has 42 valence electrons. The van der Waals surface area contributed by atoms with E-state index in [0.717, 1.165) is 0 Å². The normalized spacial score (nSPS) is 46.3. The lowest BCUT2D eigenvalue weighted by molar-refractivity contribution is 0.335. The lowest BCUT2D eigenvalue weighted by Crippen LogP contribution is -2.03. The lowest BCUT2D eigenvalue weighted by atomic mass is 10.3. The molecule has 0 bridgehead atoms. The Bertz CT molecular complexity index is 87.9. The largest absolute Gasteiger partial charge is 0.336 e. The van der Waals surface area contributed by atoms with E-state index in [2.05, 4.69) is 15.9 Å². The summed E-state index contributed by atoms with van der Waals surface area (Å²) in [7, 11) is 0. The summed E-state index contributed by atoms with van der Waals surface area (Å²) in [6, 6.07) is 0. The van der Waals surface area contributed by atoms with Crippen LogP contribution in [0.25, 0.3) is 0 Å². The van der Waals surface area contributed by atoms with E-state index in [1.165, 1.54) is 0 Å². The van der Waals surface area contributed by atoms with Crippen LogP contribution >= 0.6 is 27.5 Å². The first kappa shape index (κ1) is 5.86. The van der Waals surface area contributed by atoms with Gasteiger partial charge in [0.2, 0.25) is 3.97 Å². The highest BCUT2D eigenvalue weighted by Gasteiger charge is 2.61. The second-order valence-electron chi connectivity index (χ2n) is 2.13. The van der Waals surface area contributed by atoms with Crippen molar-refractivity contribution in [2.75, 3.05) is 0 Å². The minimum atomic E-state index is -0.569. The Balaban J connectivity index is 2.59. The third kappa shape index (κ3) is 0.799. The van der Waals surface area contributed by atoms with Gasteiger partial charge in [0.1, 0.15) is 5.60 Å². The Kier molecular flexibility index (Phi) is 0.981. The predicted molar refractivity (Wildman–Crippen MR) is 32.7 cm³/mol. The molecule has 0 N–H and O–H groups in total. The maximum Gasteiger partial charge on any atom is 0.226 e. The van der Waals surface area contributed by atoms with Crippen molar-refractivity contribution in [3.63, 3.8) is 0 Å². The SMILES string of the molecule is CC1(C)OC1(Cl)Br. The number of epoxide rings is 1. The first-order valence-corrected chi connectivity index (χ1v) is 3.21. The average molecular weight is 185 g/mol. The number of hydrogen-bond acceptors (Lipinski definition) is 1. The van der Waals surface area contributed by atoms with Crippen LogP contribution in [0.4, 0.5) is 0 Å². The van der Waals surface area contributed by atoms with Gasteiger partial charge < -0.3 is 4.74 Å². The van der Waals surface area contributed by atoms with Gasteiger partial charge in [0.05, 0.1) is 0 Å².